The normalized spacial score (nSPS) is 24.3. The largest absolute Gasteiger partial charge is 0.485 e. The second kappa shape index (κ2) is 4.85. The molecule has 1 aliphatic heterocycles. The zero-order valence-corrected chi connectivity index (χ0v) is 11.6. The van der Waals surface area contributed by atoms with E-state index in [2.05, 4.69) is 24.3 Å². The van der Waals surface area contributed by atoms with Gasteiger partial charge in [-0.3, -0.25) is 0 Å². The molecule has 0 amide bonds. The molecule has 1 saturated carbocycles. The first-order valence-electron chi connectivity index (χ1n) is 7.45. The van der Waals surface area contributed by atoms with Crippen LogP contribution < -0.4 is 4.74 Å². The first kappa shape index (κ1) is 12.8. The summed E-state index contributed by atoms with van der Waals surface area (Å²) >= 11 is 0. The highest BCUT2D eigenvalue weighted by Crippen LogP contribution is 2.43. The van der Waals surface area contributed by atoms with Crippen LogP contribution in [0.15, 0.2) is 42.5 Å². The molecule has 2 aliphatic rings. The predicted octanol–water partition coefficient (Wildman–Crippen LogP) is 4.26. The number of fused-ring (bicyclic) bond motifs is 1. The van der Waals surface area contributed by atoms with Gasteiger partial charge in [0.1, 0.15) is 17.7 Å². The molecule has 2 aromatic carbocycles. The summed E-state index contributed by atoms with van der Waals surface area (Å²) in [5, 5.41) is 10.2. The quantitative estimate of drug-likeness (QED) is 0.892. The summed E-state index contributed by atoms with van der Waals surface area (Å²) < 4.78 is 19.2. The van der Waals surface area contributed by atoms with Crippen molar-refractivity contribution < 1.29 is 14.2 Å². The number of hydrogen-bond acceptors (Lipinski definition) is 2. The lowest BCUT2D eigenvalue weighted by Crippen LogP contribution is -2.19. The van der Waals surface area contributed by atoms with Gasteiger partial charge in [-0.25, -0.2) is 4.39 Å². The van der Waals surface area contributed by atoms with Crippen LogP contribution in [0.25, 0.3) is 0 Å². The third-order valence-electron chi connectivity index (χ3n) is 4.40. The van der Waals surface area contributed by atoms with Crippen LogP contribution in [0.2, 0.25) is 0 Å². The smallest absolute Gasteiger partial charge is 0.128 e. The molecule has 0 bridgehead atoms. The molecule has 1 fully saturated rings. The molecular weight excluding hydrogens is 267 g/mol. The van der Waals surface area contributed by atoms with Crippen LogP contribution in [0.1, 0.15) is 54.1 Å². The standard InChI is InChI=1S/C18H17FO2/c19-14-7-8-15-16(20)10-17(21-18(15)9-14)13-5-3-12(4-6-13)11-1-2-11/h3-9,11,16-17,20H,1-2,10H2. The van der Waals surface area contributed by atoms with E-state index in [0.29, 0.717) is 17.7 Å². The summed E-state index contributed by atoms with van der Waals surface area (Å²) in [4.78, 5) is 0. The highest BCUT2D eigenvalue weighted by Gasteiger charge is 2.29. The van der Waals surface area contributed by atoms with Crippen molar-refractivity contribution in [3.05, 3.63) is 65.0 Å². The number of aliphatic hydroxyl groups is 1. The summed E-state index contributed by atoms with van der Waals surface area (Å²) in [7, 11) is 0. The van der Waals surface area contributed by atoms with Crippen LogP contribution in [-0.4, -0.2) is 5.11 Å². The summed E-state index contributed by atoms with van der Waals surface area (Å²) in [6.07, 6.45) is 2.24. The molecule has 0 spiro atoms. The Labute approximate surface area is 123 Å². The molecule has 4 rings (SSSR count). The second-order valence-electron chi connectivity index (χ2n) is 5.98. The fourth-order valence-electron chi connectivity index (χ4n) is 3.02. The number of benzene rings is 2. The Morgan fingerprint density at radius 3 is 2.43 bits per heavy atom. The van der Waals surface area contributed by atoms with Crippen molar-refractivity contribution >= 4 is 0 Å². The maximum Gasteiger partial charge on any atom is 0.128 e. The molecule has 3 heteroatoms. The van der Waals surface area contributed by atoms with E-state index in [9.17, 15) is 9.50 Å². The van der Waals surface area contributed by atoms with Crippen LogP contribution in [0, 0.1) is 5.82 Å². The van der Waals surface area contributed by atoms with Crippen LogP contribution in [0.5, 0.6) is 5.75 Å². The van der Waals surface area contributed by atoms with Crippen LogP contribution in [0.4, 0.5) is 4.39 Å². The molecule has 2 atom stereocenters. The number of ether oxygens (including phenoxy) is 1. The van der Waals surface area contributed by atoms with Gasteiger partial charge in [-0.05, 0) is 42.0 Å². The van der Waals surface area contributed by atoms with Crippen molar-refractivity contribution in [3.63, 3.8) is 0 Å². The topological polar surface area (TPSA) is 29.5 Å². The Kier molecular flexibility index (Phi) is 2.96. The van der Waals surface area contributed by atoms with Crippen LogP contribution >= 0.6 is 0 Å². The molecular formula is C18H17FO2. The van der Waals surface area contributed by atoms with Gasteiger partial charge in [0.25, 0.3) is 0 Å². The number of halogens is 1. The maximum atomic E-state index is 13.3. The van der Waals surface area contributed by atoms with E-state index in [0.717, 1.165) is 11.5 Å². The van der Waals surface area contributed by atoms with E-state index >= 15 is 0 Å². The van der Waals surface area contributed by atoms with Gasteiger partial charge < -0.3 is 9.84 Å². The van der Waals surface area contributed by atoms with E-state index in [1.54, 1.807) is 6.07 Å². The van der Waals surface area contributed by atoms with Crippen molar-refractivity contribution in [2.45, 2.75) is 37.4 Å². The molecule has 1 heterocycles. The Bertz CT molecular complexity index is 661. The molecule has 2 nitrogen and oxygen atoms in total. The minimum Gasteiger partial charge on any atom is -0.485 e. The monoisotopic (exact) mass is 284 g/mol. The van der Waals surface area contributed by atoms with Crippen LogP contribution in [0.3, 0.4) is 0 Å². The molecule has 2 aromatic rings. The van der Waals surface area contributed by atoms with Gasteiger partial charge in [-0.15, -0.1) is 0 Å². The average Bonchev–Trinajstić information content (AvgIpc) is 3.31. The van der Waals surface area contributed by atoms with Gasteiger partial charge in [0.15, 0.2) is 0 Å². The van der Waals surface area contributed by atoms with Crippen molar-refractivity contribution in [2.75, 3.05) is 0 Å². The van der Waals surface area contributed by atoms with Gasteiger partial charge in [0.05, 0.1) is 6.10 Å². The van der Waals surface area contributed by atoms with Crippen molar-refractivity contribution in [2.24, 2.45) is 0 Å². The van der Waals surface area contributed by atoms with E-state index in [1.807, 2.05) is 0 Å². The van der Waals surface area contributed by atoms with Gasteiger partial charge in [0, 0.05) is 18.1 Å². The summed E-state index contributed by atoms with van der Waals surface area (Å²) in [6.45, 7) is 0. The predicted molar refractivity (Wildman–Crippen MR) is 77.8 cm³/mol. The molecule has 108 valence electrons. The Hall–Kier alpha value is -1.87. The minimum atomic E-state index is -0.609. The Morgan fingerprint density at radius 1 is 1.00 bits per heavy atom. The van der Waals surface area contributed by atoms with Crippen molar-refractivity contribution in [1.82, 2.24) is 0 Å². The molecule has 1 aliphatic carbocycles. The van der Waals surface area contributed by atoms with Crippen molar-refractivity contribution in [3.8, 4) is 5.75 Å². The number of rotatable bonds is 2. The van der Waals surface area contributed by atoms with E-state index < -0.39 is 6.10 Å². The fraction of sp³-hybridized carbons (Fsp3) is 0.333. The van der Waals surface area contributed by atoms with E-state index in [4.69, 9.17) is 4.74 Å². The molecule has 21 heavy (non-hydrogen) atoms. The lowest BCUT2D eigenvalue weighted by atomic mass is 9.94. The molecule has 1 N–H and O–H groups in total. The molecule has 0 aromatic heterocycles. The van der Waals surface area contributed by atoms with E-state index in [1.165, 1.54) is 30.5 Å². The molecule has 0 saturated heterocycles. The van der Waals surface area contributed by atoms with Crippen molar-refractivity contribution in [1.29, 1.82) is 0 Å². The summed E-state index contributed by atoms with van der Waals surface area (Å²) in [5.41, 5.74) is 3.08. The van der Waals surface area contributed by atoms with Gasteiger partial charge in [-0.2, -0.15) is 0 Å². The van der Waals surface area contributed by atoms with Crippen LogP contribution in [-0.2, 0) is 0 Å². The average molecular weight is 284 g/mol. The first-order valence-corrected chi connectivity index (χ1v) is 7.45. The summed E-state index contributed by atoms with van der Waals surface area (Å²) in [6, 6.07) is 12.7. The number of hydrogen-bond donors (Lipinski definition) is 1. The Morgan fingerprint density at radius 2 is 1.71 bits per heavy atom. The second-order valence-corrected chi connectivity index (χ2v) is 5.98. The maximum absolute atomic E-state index is 13.3. The van der Waals surface area contributed by atoms with Gasteiger partial charge in [0.2, 0.25) is 0 Å². The minimum absolute atomic E-state index is 0.220. The molecule has 2 unspecified atom stereocenters. The zero-order chi connectivity index (χ0) is 14.4. The number of aliphatic hydroxyl groups excluding tert-OH is 1. The molecule has 0 radical (unpaired) electrons. The lowest BCUT2D eigenvalue weighted by molar-refractivity contribution is 0.0654. The third kappa shape index (κ3) is 2.42. The Balaban J connectivity index is 1.61. The first-order chi connectivity index (χ1) is 10.2. The SMILES string of the molecule is OC1CC(c2ccc(C3CC3)cc2)Oc2cc(F)ccc21. The van der Waals surface area contributed by atoms with Gasteiger partial charge >= 0.3 is 0 Å². The van der Waals surface area contributed by atoms with E-state index in [-0.39, 0.29) is 11.9 Å². The highest BCUT2D eigenvalue weighted by atomic mass is 19.1. The lowest BCUT2D eigenvalue weighted by Gasteiger charge is -2.30. The fourth-order valence-corrected chi connectivity index (χ4v) is 3.02. The van der Waals surface area contributed by atoms with Gasteiger partial charge in [-0.1, -0.05) is 24.3 Å². The summed E-state index contributed by atoms with van der Waals surface area (Å²) in [5.74, 6) is 0.836. The highest BCUT2D eigenvalue weighted by molar-refractivity contribution is 5.39. The zero-order valence-electron chi connectivity index (χ0n) is 11.6. The third-order valence-corrected chi connectivity index (χ3v) is 4.40.